The number of carbonyl (C=O) groups is 1. The molecule has 19 heavy (non-hydrogen) atoms. The highest BCUT2D eigenvalue weighted by Gasteiger charge is 2.18. The fourth-order valence-electron chi connectivity index (χ4n) is 2.14. The third-order valence-corrected chi connectivity index (χ3v) is 3.83. The zero-order valence-corrected chi connectivity index (χ0v) is 13.1. The van der Waals surface area contributed by atoms with Gasteiger partial charge in [0, 0.05) is 30.1 Å². The van der Waals surface area contributed by atoms with E-state index in [1.54, 1.807) is 12.1 Å². The number of nitrogens with one attached hydrogen (secondary N) is 2. The van der Waals surface area contributed by atoms with Gasteiger partial charge in [0.05, 0.1) is 17.3 Å². The summed E-state index contributed by atoms with van der Waals surface area (Å²) < 4.78 is 0.895. The van der Waals surface area contributed by atoms with Gasteiger partial charge in [-0.15, -0.1) is 0 Å². The highest BCUT2D eigenvalue weighted by molar-refractivity contribution is 9.10. The van der Waals surface area contributed by atoms with E-state index in [-0.39, 0.29) is 5.91 Å². The highest BCUT2D eigenvalue weighted by atomic mass is 79.9. The summed E-state index contributed by atoms with van der Waals surface area (Å²) in [5, 5.41) is 6.73. The summed E-state index contributed by atoms with van der Waals surface area (Å²) in [5.41, 5.74) is 0.651. The largest absolute Gasteiger partial charge is 0.324 e. The van der Waals surface area contributed by atoms with Gasteiger partial charge >= 0.3 is 0 Å². The molecule has 6 heteroatoms. The zero-order chi connectivity index (χ0) is 13.8. The molecule has 2 N–H and O–H groups in total. The molecule has 1 amide bonds. The predicted molar refractivity (Wildman–Crippen MR) is 81.7 cm³/mol. The van der Waals surface area contributed by atoms with E-state index in [4.69, 9.17) is 11.6 Å². The number of rotatable bonds is 3. The molecule has 0 radical (unpaired) electrons. The average molecular weight is 347 g/mol. The van der Waals surface area contributed by atoms with Gasteiger partial charge in [-0.05, 0) is 25.1 Å². The van der Waals surface area contributed by atoms with Gasteiger partial charge in [0.25, 0.3) is 0 Å². The van der Waals surface area contributed by atoms with Crippen LogP contribution in [0, 0.1) is 0 Å². The summed E-state index contributed by atoms with van der Waals surface area (Å²) in [6.45, 7) is 5.23. The first-order chi connectivity index (χ1) is 9.04. The van der Waals surface area contributed by atoms with E-state index in [2.05, 4.69) is 38.4 Å². The first-order valence-corrected chi connectivity index (χ1v) is 7.42. The molecule has 1 aliphatic rings. The van der Waals surface area contributed by atoms with Crippen LogP contribution in [0.4, 0.5) is 5.69 Å². The predicted octanol–water partition coefficient (Wildman–Crippen LogP) is 2.33. The van der Waals surface area contributed by atoms with E-state index in [1.807, 2.05) is 6.07 Å². The van der Waals surface area contributed by atoms with Crippen molar-refractivity contribution in [2.24, 2.45) is 0 Å². The molecule has 0 unspecified atom stereocenters. The normalized spacial score (nSPS) is 20.3. The van der Waals surface area contributed by atoms with Crippen LogP contribution in [0.1, 0.15) is 6.92 Å². The number of piperazine rings is 1. The van der Waals surface area contributed by atoms with Gasteiger partial charge in [0.1, 0.15) is 0 Å². The lowest BCUT2D eigenvalue weighted by molar-refractivity contribution is -0.117. The third-order valence-electron chi connectivity index (χ3n) is 3.03. The van der Waals surface area contributed by atoms with Gasteiger partial charge in [-0.2, -0.15) is 0 Å². The number of nitrogens with zero attached hydrogens (tertiary/aromatic N) is 1. The number of amides is 1. The van der Waals surface area contributed by atoms with Crippen molar-refractivity contribution < 1.29 is 4.79 Å². The number of carbonyl (C=O) groups excluding carboxylic acids is 1. The second kappa shape index (κ2) is 6.70. The molecule has 104 valence electrons. The summed E-state index contributed by atoms with van der Waals surface area (Å²) in [6.07, 6.45) is 0. The van der Waals surface area contributed by atoms with Crippen molar-refractivity contribution in [3.8, 4) is 0 Å². The molecule has 1 aromatic carbocycles. The smallest absolute Gasteiger partial charge is 0.238 e. The van der Waals surface area contributed by atoms with Gasteiger partial charge in [0.2, 0.25) is 5.91 Å². The van der Waals surface area contributed by atoms with E-state index in [0.29, 0.717) is 23.3 Å². The molecule has 0 aromatic heterocycles. The lowest BCUT2D eigenvalue weighted by Gasteiger charge is -2.31. The number of hydrogen-bond donors (Lipinski definition) is 2. The maximum atomic E-state index is 12.0. The molecule has 1 aliphatic heterocycles. The van der Waals surface area contributed by atoms with Crippen molar-refractivity contribution in [2.75, 3.05) is 31.5 Å². The SMILES string of the molecule is C[C@H]1CN(CC(=O)Nc2ccc(Br)cc2Cl)CCN1. The molecule has 4 nitrogen and oxygen atoms in total. The standard InChI is InChI=1S/C13H17BrClN3O/c1-9-7-18(5-4-16-9)8-13(19)17-12-3-2-10(14)6-11(12)15/h2-3,6,9,16H,4-5,7-8H2,1H3,(H,17,19)/t9-/m0/s1. The second-order valence-corrected chi connectivity index (χ2v) is 6.09. The number of benzene rings is 1. The molecule has 1 heterocycles. The third kappa shape index (κ3) is 4.45. The molecule has 1 fully saturated rings. The van der Waals surface area contributed by atoms with Crippen molar-refractivity contribution in [1.29, 1.82) is 0 Å². The highest BCUT2D eigenvalue weighted by Crippen LogP contribution is 2.25. The lowest BCUT2D eigenvalue weighted by Crippen LogP contribution is -2.51. The maximum Gasteiger partial charge on any atom is 0.238 e. The first kappa shape index (κ1) is 14.8. The van der Waals surface area contributed by atoms with Crippen LogP contribution in [0.15, 0.2) is 22.7 Å². The molecule has 0 saturated carbocycles. The van der Waals surface area contributed by atoms with Crippen LogP contribution in [0.25, 0.3) is 0 Å². The topological polar surface area (TPSA) is 44.4 Å². The number of anilines is 1. The van der Waals surface area contributed by atoms with Crippen molar-refractivity contribution in [3.05, 3.63) is 27.7 Å². The van der Waals surface area contributed by atoms with Crippen LogP contribution in [-0.4, -0.2) is 43.0 Å². The molecule has 2 rings (SSSR count). The monoisotopic (exact) mass is 345 g/mol. The van der Waals surface area contributed by atoms with E-state index < -0.39 is 0 Å². The summed E-state index contributed by atoms with van der Waals surface area (Å²) in [6, 6.07) is 5.85. The quantitative estimate of drug-likeness (QED) is 0.883. The molecule has 0 bridgehead atoms. The Morgan fingerprint density at radius 1 is 1.63 bits per heavy atom. The summed E-state index contributed by atoms with van der Waals surface area (Å²) >= 11 is 9.41. The van der Waals surface area contributed by atoms with E-state index >= 15 is 0 Å². The van der Waals surface area contributed by atoms with Crippen LogP contribution in [-0.2, 0) is 4.79 Å². The number of halogens is 2. The van der Waals surface area contributed by atoms with Crippen LogP contribution >= 0.6 is 27.5 Å². The summed E-state index contributed by atoms with van der Waals surface area (Å²) in [4.78, 5) is 14.1. The van der Waals surface area contributed by atoms with Crippen molar-refractivity contribution in [1.82, 2.24) is 10.2 Å². The Balaban J connectivity index is 1.90. The van der Waals surface area contributed by atoms with Crippen molar-refractivity contribution in [3.63, 3.8) is 0 Å². The van der Waals surface area contributed by atoms with E-state index in [9.17, 15) is 4.79 Å². The Hall–Kier alpha value is -0.620. The van der Waals surface area contributed by atoms with Crippen molar-refractivity contribution >= 4 is 39.1 Å². The van der Waals surface area contributed by atoms with Gasteiger partial charge in [-0.1, -0.05) is 27.5 Å². The van der Waals surface area contributed by atoms with Gasteiger partial charge in [-0.25, -0.2) is 0 Å². The fraction of sp³-hybridized carbons (Fsp3) is 0.462. The van der Waals surface area contributed by atoms with Crippen LogP contribution in [0.5, 0.6) is 0 Å². The summed E-state index contributed by atoms with van der Waals surface area (Å²) in [5.74, 6) is -0.0293. The average Bonchev–Trinajstić information content (AvgIpc) is 2.33. The molecular formula is C13H17BrClN3O. The minimum absolute atomic E-state index is 0.0293. The van der Waals surface area contributed by atoms with Gasteiger partial charge in [-0.3, -0.25) is 9.69 Å². The van der Waals surface area contributed by atoms with Gasteiger partial charge in [0.15, 0.2) is 0 Å². The Kier molecular flexibility index (Phi) is 5.21. The molecule has 1 atom stereocenters. The van der Waals surface area contributed by atoms with Gasteiger partial charge < -0.3 is 10.6 Å². The molecule has 1 saturated heterocycles. The fourth-order valence-corrected chi connectivity index (χ4v) is 2.86. The van der Waals surface area contributed by atoms with Crippen LogP contribution < -0.4 is 10.6 Å². The molecule has 0 aliphatic carbocycles. The summed E-state index contributed by atoms with van der Waals surface area (Å²) in [7, 11) is 0. The lowest BCUT2D eigenvalue weighted by atomic mass is 10.2. The van der Waals surface area contributed by atoms with E-state index in [1.165, 1.54) is 0 Å². The number of hydrogen-bond acceptors (Lipinski definition) is 3. The Morgan fingerprint density at radius 2 is 2.42 bits per heavy atom. The van der Waals surface area contributed by atoms with Crippen molar-refractivity contribution in [2.45, 2.75) is 13.0 Å². The minimum atomic E-state index is -0.0293. The Labute approximate surface area is 126 Å². The first-order valence-electron chi connectivity index (χ1n) is 6.25. The second-order valence-electron chi connectivity index (χ2n) is 4.76. The molecule has 1 aromatic rings. The Bertz CT molecular complexity index is 469. The van der Waals surface area contributed by atoms with Crippen LogP contribution in [0.3, 0.4) is 0 Å². The van der Waals surface area contributed by atoms with E-state index in [0.717, 1.165) is 24.1 Å². The minimum Gasteiger partial charge on any atom is -0.324 e. The maximum absolute atomic E-state index is 12.0. The zero-order valence-electron chi connectivity index (χ0n) is 10.7. The molecule has 0 spiro atoms. The molecular weight excluding hydrogens is 330 g/mol. The Morgan fingerprint density at radius 3 is 3.11 bits per heavy atom. The van der Waals surface area contributed by atoms with Crippen LogP contribution in [0.2, 0.25) is 5.02 Å².